The van der Waals surface area contributed by atoms with Crippen LogP contribution in [0.3, 0.4) is 0 Å². The number of ether oxygens (including phenoxy) is 1. The summed E-state index contributed by atoms with van der Waals surface area (Å²) in [6, 6.07) is 0. The Bertz CT molecular complexity index is 545. The minimum atomic E-state index is -0.390. The van der Waals surface area contributed by atoms with Crippen LogP contribution in [0.2, 0.25) is 0 Å². The van der Waals surface area contributed by atoms with Gasteiger partial charge in [0, 0.05) is 5.92 Å². The van der Waals surface area contributed by atoms with Crippen molar-refractivity contribution in [2.75, 3.05) is 0 Å². The summed E-state index contributed by atoms with van der Waals surface area (Å²) in [5, 5.41) is 0. The van der Waals surface area contributed by atoms with Crippen molar-refractivity contribution in [2.45, 2.75) is 59.5 Å². The molecule has 5 aliphatic rings. The molecule has 166 valence electrons. The molecule has 1 spiro atoms. The van der Waals surface area contributed by atoms with E-state index in [1.54, 1.807) is 0 Å². The van der Waals surface area contributed by atoms with Crippen LogP contribution >= 0.6 is 0 Å². The van der Waals surface area contributed by atoms with Crippen LogP contribution in [0.5, 0.6) is 0 Å². The molecule has 5 rings (SSSR count). The molecule has 0 amide bonds. The molecule has 5 saturated carbocycles. The summed E-state index contributed by atoms with van der Waals surface area (Å²) in [5.74, 6) is 1.33. The maximum Gasteiger partial charge on any atom is 2.00 e. The number of fused-ring (bicyclic) bond motifs is 1. The predicted molar refractivity (Wildman–Crippen MR) is 123 cm³/mol. The Morgan fingerprint density at radius 2 is 1.39 bits per heavy atom. The van der Waals surface area contributed by atoms with Crippen LogP contribution in [-0.2, 0) is 31.2 Å². The first kappa shape index (κ1) is 27.4. The average molecular weight is 454 g/mol. The molecule has 0 N–H and O–H groups in total. The molecular formula is C28H38O2Ti. The van der Waals surface area contributed by atoms with E-state index in [2.05, 4.69) is 27.2 Å². The first-order valence-electron chi connectivity index (χ1n) is 11.3. The molecule has 0 aromatic rings. The van der Waals surface area contributed by atoms with Crippen molar-refractivity contribution in [3.05, 3.63) is 77.6 Å². The summed E-state index contributed by atoms with van der Waals surface area (Å²) in [7, 11) is 0. The van der Waals surface area contributed by atoms with Crippen LogP contribution < -0.4 is 0 Å². The molecule has 0 saturated heterocycles. The minimum Gasteiger partial charge on any atom is -0.460 e. The average Bonchev–Trinajstić information content (AvgIpc) is 3.45. The SMILES string of the molecule is [CH2-]C1[CH-]C2CC13CCC(C)(C)C3C2C(=O)OC(C)(C)C.[CH]1[CH][CH][CH][CH]1.[CH]1[CH][CH][CH][CH]1.[Ti+2]. The van der Waals surface area contributed by atoms with E-state index in [0.29, 0.717) is 17.8 Å². The fourth-order valence-corrected chi connectivity index (χ4v) is 6.10. The van der Waals surface area contributed by atoms with E-state index in [1.807, 2.05) is 85.0 Å². The third-order valence-electron chi connectivity index (χ3n) is 7.14. The molecule has 2 bridgehead atoms. The molecule has 5 fully saturated rings. The van der Waals surface area contributed by atoms with Gasteiger partial charge in [-0.05, 0) is 103 Å². The van der Waals surface area contributed by atoms with Crippen molar-refractivity contribution in [3.8, 4) is 0 Å². The number of esters is 1. The topological polar surface area (TPSA) is 26.3 Å². The Kier molecular flexibility index (Phi) is 9.80. The van der Waals surface area contributed by atoms with Crippen molar-refractivity contribution in [3.63, 3.8) is 0 Å². The first-order valence-corrected chi connectivity index (χ1v) is 11.3. The molecule has 5 aliphatic carbocycles. The van der Waals surface area contributed by atoms with Crippen molar-refractivity contribution >= 4 is 5.97 Å². The molecule has 0 heterocycles. The van der Waals surface area contributed by atoms with Gasteiger partial charge in [-0.2, -0.15) is 5.92 Å². The van der Waals surface area contributed by atoms with Crippen LogP contribution in [-0.4, -0.2) is 11.6 Å². The fraction of sp³-hybridized carbons (Fsp3) is 0.536. The molecule has 5 unspecified atom stereocenters. The van der Waals surface area contributed by atoms with Crippen molar-refractivity contribution < 1.29 is 31.2 Å². The minimum absolute atomic E-state index is 0. The summed E-state index contributed by atoms with van der Waals surface area (Å²) in [5.41, 5.74) is 0.120. The summed E-state index contributed by atoms with van der Waals surface area (Å²) in [6.07, 6.45) is 25.9. The van der Waals surface area contributed by atoms with E-state index >= 15 is 0 Å². The van der Waals surface area contributed by atoms with Crippen LogP contribution in [0.4, 0.5) is 0 Å². The maximum absolute atomic E-state index is 12.7. The van der Waals surface area contributed by atoms with Gasteiger partial charge >= 0.3 is 27.7 Å². The monoisotopic (exact) mass is 454 g/mol. The zero-order valence-corrected chi connectivity index (χ0v) is 21.4. The molecule has 0 aromatic carbocycles. The fourth-order valence-electron chi connectivity index (χ4n) is 6.10. The zero-order valence-electron chi connectivity index (χ0n) is 19.8. The van der Waals surface area contributed by atoms with Crippen LogP contribution in [0.1, 0.15) is 53.9 Å². The molecule has 3 heteroatoms. The number of hydrogen-bond donors (Lipinski definition) is 0. The molecular weight excluding hydrogens is 416 g/mol. The first-order chi connectivity index (χ1) is 14.1. The maximum atomic E-state index is 12.7. The Morgan fingerprint density at radius 1 is 0.935 bits per heavy atom. The smallest absolute Gasteiger partial charge is 0.460 e. The molecule has 10 radical (unpaired) electrons. The van der Waals surface area contributed by atoms with E-state index in [9.17, 15) is 4.79 Å². The van der Waals surface area contributed by atoms with Gasteiger partial charge in [-0.3, -0.25) is 10.7 Å². The number of rotatable bonds is 1. The van der Waals surface area contributed by atoms with Crippen molar-refractivity contribution in [1.82, 2.24) is 0 Å². The normalized spacial score (nSPS) is 37.1. The Morgan fingerprint density at radius 3 is 1.81 bits per heavy atom. The van der Waals surface area contributed by atoms with Crippen LogP contribution in [0.15, 0.2) is 0 Å². The molecule has 5 atom stereocenters. The molecule has 0 aromatic heterocycles. The number of carbonyl (C=O) groups is 1. The van der Waals surface area contributed by atoms with Gasteiger partial charge < -0.3 is 18.1 Å². The Balaban J connectivity index is 0.000000254. The van der Waals surface area contributed by atoms with Gasteiger partial charge in [0.05, 0.1) is 0 Å². The van der Waals surface area contributed by atoms with E-state index in [4.69, 9.17) is 4.74 Å². The largest absolute Gasteiger partial charge is 2.00 e. The van der Waals surface area contributed by atoms with Gasteiger partial charge in [-0.25, -0.2) is 0 Å². The van der Waals surface area contributed by atoms with Gasteiger partial charge in [0.1, 0.15) is 5.60 Å². The van der Waals surface area contributed by atoms with Crippen LogP contribution in [0.25, 0.3) is 0 Å². The third-order valence-corrected chi connectivity index (χ3v) is 7.14. The second kappa shape index (κ2) is 11.1. The summed E-state index contributed by atoms with van der Waals surface area (Å²) in [6.45, 7) is 14.9. The molecule has 2 nitrogen and oxygen atoms in total. The van der Waals surface area contributed by atoms with Gasteiger partial charge in [0.2, 0.25) is 0 Å². The molecule has 31 heavy (non-hydrogen) atoms. The van der Waals surface area contributed by atoms with E-state index < -0.39 is 5.60 Å². The Labute approximate surface area is 208 Å². The number of hydrogen-bond acceptors (Lipinski definition) is 2. The van der Waals surface area contributed by atoms with Gasteiger partial charge in [-0.15, -0.1) is 0 Å². The van der Waals surface area contributed by atoms with Gasteiger partial charge in [-0.1, -0.05) is 32.1 Å². The number of carbonyl (C=O) groups excluding carboxylic acids is 1. The Hall–Kier alpha value is 0.184. The predicted octanol–water partition coefficient (Wildman–Crippen LogP) is 6.10. The summed E-state index contributed by atoms with van der Waals surface area (Å²) in [4.78, 5) is 12.7. The van der Waals surface area contributed by atoms with Crippen molar-refractivity contribution in [1.29, 1.82) is 0 Å². The summed E-state index contributed by atoms with van der Waals surface area (Å²) < 4.78 is 5.73. The summed E-state index contributed by atoms with van der Waals surface area (Å²) >= 11 is 0. The van der Waals surface area contributed by atoms with E-state index in [0.717, 1.165) is 6.42 Å². The van der Waals surface area contributed by atoms with Crippen molar-refractivity contribution in [2.24, 2.45) is 34.5 Å². The second-order valence-electron chi connectivity index (χ2n) is 10.9. The second-order valence-corrected chi connectivity index (χ2v) is 10.9. The standard InChI is InChI=1S/C18H28O2.2C5H5.Ti/c1-11-9-12-10-18(11)8-7-17(5,6)14(18)13(12)15(19)20-16(2,3)4;2*1-2-4-5-3-1;/h9,11-14H,1,7-8,10H2,2-6H3;2*1-5H;/q-2;;;+2. The van der Waals surface area contributed by atoms with Crippen LogP contribution in [0, 0.1) is 112 Å². The van der Waals surface area contributed by atoms with E-state index in [-0.39, 0.29) is 44.4 Å². The molecule has 0 aliphatic heterocycles. The van der Waals surface area contributed by atoms with Gasteiger partial charge in [0.25, 0.3) is 0 Å². The van der Waals surface area contributed by atoms with E-state index in [1.165, 1.54) is 12.8 Å². The zero-order chi connectivity index (χ0) is 22.0. The quantitative estimate of drug-likeness (QED) is 0.272. The third kappa shape index (κ3) is 6.40. The van der Waals surface area contributed by atoms with Gasteiger partial charge in [0.15, 0.2) is 0 Å².